The largest absolute Gasteiger partial charge is 0.436 e. The Kier molecular flexibility index (Phi) is 5.11. The van der Waals surface area contributed by atoms with Crippen molar-refractivity contribution in [3.8, 4) is 11.5 Å². The first-order valence-electron chi connectivity index (χ1n) is 11.7. The van der Waals surface area contributed by atoms with E-state index >= 15 is 0 Å². The van der Waals surface area contributed by atoms with E-state index in [9.17, 15) is 0 Å². The van der Waals surface area contributed by atoms with Crippen molar-refractivity contribution < 1.29 is 4.42 Å². The number of anilines is 2. The highest BCUT2D eigenvalue weighted by atomic mass is 79.9. The van der Waals surface area contributed by atoms with Crippen molar-refractivity contribution in [3.05, 3.63) is 105 Å². The lowest BCUT2D eigenvalue weighted by atomic mass is 10.0. The lowest BCUT2D eigenvalue weighted by Crippen LogP contribution is -2.46. The van der Waals surface area contributed by atoms with Gasteiger partial charge in [-0.3, -0.25) is 4.99 Å². The van der Waals surface area contributed by atoms with E-state index in [2.05, 4.69) is 67.1 Å². The van der Waals surface area contributed by atoms with Gasteiger partial charge in [-0.15, -0.1) is 0 Å². The molecule has 0 aliphatic carbocycles. The van der Waals surface area contributed by atoms with Gasteiger partial charge in [0.15, 0.2) is 5.58 Å². The molecule has 2 aliphatic rings. The zero-order valence-corrected chi connectivity index (χ0v) is 21.5. The molecule has 0 unspecified atom stereocenters. The van der Waals surface area contributed by atoms with Crippen molar-refractivity contribution in [3.63, 3.8) is 0 Å². The van der Waals surface area contributed by atoms with E-state index in [0.717, 1.165) is 52.1 Å². The van der Waals surface area contributed by atoms with Crippen LogP contribution in [0.3, 0.4) is 0 Å². The van der Waals surface area contributed by atoms with Gasteiger partial charge in [0.2, 0.25) is 5.89 Å². The highest BCUT2D eigenvalue weighted by molar-refractivity contribution is 9.10. The molecule has 2 aliphatic heterocycles. The van der Waals surface area contributed by atoms with Crippen LogP contribution >= 0.6 is 27.5 Å². The summed E-state index contributed by atoms with van der Waals surface area (Å²) in [6.45, 7) is 2.74. The van der Waals surface area contributed by atoms with Crippen molar-refractivity contribution >= 4 is 61.9 Å². The fraction of sp³-hybridized carbons (Fsp3) is 0.103. The fourth-order valence-electron chi connectivity index (χ4n) is 5.01. The van der Waals surface area contributed by atoms with Gasteiger partial charge in [0.1, 0.15) is 5.52 Å². The molecule has 4 aromatic carbocycles. The molecular formula is C29H20BrClN4O. The Bertz CT molecular complexity index is 1660. The SMILES string of the molecule is Clc1ccc2oc(-c3ccc(/N=C/c4ccc5c(c4)CN4CN5Cc5cc(Br)ccc54)cc3)nc2c1. The van der Waals surface area contributed by atoms with Crippen LogP contribution in [0.2, 0.25) is 5.02 Å². The van der Waals surface area contributed by atoms with Gasteiger partial charge in [0.25, 0.3) is 0 Å². The molecule has 2 bridgehead atoms. The zero-order valence-electron chi connectivity index (χ0n) is 19.2. The number of rotatable bonds is 3. The quantitative estimate of drug-likeness (QED) is 0.212. The van der Waals surface area contributed by atoms with Gasteiger partial charge >= 0.3 is 0 Å². The Morgan fingerprint density at radius 2 is 1.61 bits per heavy atom. The van der Waals surface area contributed by atoms with Crippen LogP contribution in [0.1, 0.15) is 16.7 Å². The maximum atomic E-state index is 6.07. The van der Waals surface area contributed by atoms with Crippen molar-refractivity contribution in [2.24, 2.45) is 4.99 Å². The fourth-order valence-corrected chi connectivity index (χ4v) is 5.59. The molecule has 0 saturated heterocycles. The predicted octanol–water partition coefficient (Wildman–Crippen LogP) is 7.96. The first-order valence-corrected chi connectivity index (χ1v) is 12.9. The summed E-state index contributed by atoms with van der Waals surface area (Å²) in [7, 11) is 0. The molecule has 1 aromatic heterocycles. The highest BCUT2D eigenvalue weighted by Gasteiger charge is 2.29. The maximum absolute atomic E-state index is 6.07. The molecule has 3 heterocycles. The summed E-state index contributed by atoms with van der Waals surface area (Å²) < 4.78 is 7.00. The van der Waals surface area contributed by atoms with Crippen LogP contribution in [-0.2, 0) is 13.1 Å². The number of halogens is 2. The average molecular weight is 556 g/mol. The third kappa shape index (κ3) is 3.87. The van der Waals surface area contributed by atoms with E-state index in [1.165, 1.54) is 22.5 Å². The Labute approximate surface area is 221 Å². The molecule has 5 nitrogen and oxygen atoms in total. The second-order valence-corrected chi connectivity index (χ2v) is 10.5. The highest BCUT2D eigenvalue weighted by Crippen LogP contribution is 2.39. The number of hydrogen-bond acceptors (Lipinski definition) is 5. The standard InChI is InChI=1S/C29H20BrClN4O/c30-22-4-9-27-21(12-22)16-35-17-34(27)15-20-11-18(1-8-26(20)35)14-32-24-6-2-19(3-7-24)29-33-25-13-23(31)5-10-28(25)36-29/h1-14H,15-17H2/b32-14+. The van der Waals surface area contributed by atoms with Gasteiger partial charge in [0, 0.05) is 45.7 Å². The van der Waals surface area contributed by atoms with Gasteiger partial charge in [-0.05, 0) is 89.5 Å². The third-order valence-electron chi connectivity index (χ3n) is 6.72. The van der Waals surface area contributed by atoms with Gasteiger partial charge in [-0.2, -0.15) is 0 Å². The number of benzene rings is 4. The Hall–Kier alpha value is -3.61. The minimum Gasteiger partial charge on any atom is -0.436 e. The molecule has 0 amide bonds. The molecule has 0 atom stereocenters. The molecule has 176 valence electrons. The van der Waals surface area contributed by atoms with E-state index in [4.69, 9.17) is 21.0 Å². The second-order valence-electron chi connectivity index (χ2n) is 9.13. The molecule has 0 N–H and O–H groups in total. The van der Waals surface area contributed by atoms with Crippen LogP contribution in [-0.4, -0.2) is 17.9 Å². The normalized spacial score (nSPS) is 14.4. The summed E-state index contributed by atoms with van der Waals surface area (Å²) in [6, 6.07) is 26.5. The predicted molar refractivity (Wildman–Crippen MR) is 150 cm³/mol. The summed E-state index contributed by atoms with van der Waals surface area (Å²) in [4.78, 5) is 14.1. The molecule has 0 saturated carbocycles. The average Bonchev–Trinajstić information content (AvgIpc) is 3.31. The van der Waals surface area contributed by atoms with Crippen LogP contribution in [0, 0.1) is 0 Å². The number of nitrogens with zero attached hydrogens (tertiary/aromatic N) is 4. The monoisotopic (exact) mass is 554 g/mol. The van der Waals surface area contributed by atoms with E-state index < -0.39 is 0 Å². The van der Waals surface area contributed by atoms with Crippen LogP contribution in [0.25, 0.3) is 22.6 Å². The van der Waals surface area contributed by atoms with Crippen molar-refractivity contribution in [1.82, 2.24) is 4.98 Å². The summed E-state index contributed by atoms with van der Waals surface area (Å²) >= 11 is 9.67. The van der Waals surface area contributed by atoms with Gasteiger partial charge in [-0.1, -0.05) is 33.6 Å². The van der Waals surface area contributed by atoms with E-state index in [0.29, 0.717) is 10.9 Å². The van der Waals surface area contributed by atoms with Crippen LogP contribution in [0.4, 0.5) is 17.1 Å². The van der Waals surface area contributed by atoms with Crippen LogP contribution in [0.5, 0.6) is 0 Å². The van der Waals surface area contributed by atoms with Crippen molar-refractivity contribution in [2.45, 2.75) is 13.1 Å². The number of oxazole rings is 1. The molecular weight excluding hydrogens is 536 g/mol. The first-order chi connectivity index (χ1) is 17.6. The van der Waals surface area contributed by atoms with Gasteiger partial charge < -0.3 is 14.2 Å². The molecule has 7 rings (SSSR count). The Balaban J connectivity index is 1.11. The lowest BCUT2D eigenvalue weighted by molar-refractivity contribution is 0.620. The number of aliphatic imine (C=N–C) groups is 1. The second kappa shape index (κ2) is 8.50. The third-order valence-corrected chi connectivity index (χ3v) is 7.45. The van der Waals surface area contributed by atoms with Crippen LogP contribution in [0.15, 0.2) is 92.7 Å². The summed E-state index contributed by atoms with van der Waals surface area (Å²) in [6.07, 6.45) is 1.93. The summed E-state index contributed by atoms with van der Waals surface area (Å²) in [5.41, 5.74) is 9.64. The summed E-state index contributed by atoms with van der Waals surface area (Å²) in [5, 5.41) is 0.643. The number of fused-ring (bicyclic) bond motifs is 7. The van der Waals surface area contributed by atoms with Crippen molar-refractivity contribution in [2.75, 3.05) is 16.5 Å². The van der Waals surface area contributed by atoms with Crippen LogP contribution < -0.4 is 9.80 Å². The molecule has 0 fully saturated rings. The zero-order chi connectivity index (χ0) is 24.2. The lowest BCUT2D eigenvalue weighted by Gasteiger charge is -2.44. The van der Waals surface area contributed by atoms with E-state index in [-0.39, 0.29) is 0 Å². The topological polar surface area (TPSA) is 44.9 Å². The molecule has 36 heavy (non-hydrogen) atoms. The molecule has 7 heteroatoms. The summed E-state index contributed by atoms with van der Waals surface area (Å²) in [5.74, 6) is 0.571. The number of hydrogen-bond donors (Lipinski definition) is 0. The minimum absolute atomic E-state index is 0.571. The van der Waals surface area contributed by atoms with E-state index in [1.807, 2.05) is 36.5 Å². The first kappa shape index (κ1) is 21.7. The Morgan fingerprint density at radius 1 is 0.861 bits per heavy atom. The Morgan fingerprint density at radius 3 is 2.42 bits per heavy atom. The van der Waals surface area contributed by atoms with Gasteiger partial charge in [0.05, 0.1) is 12.4 Å². The maximum Gasteiger partial charge on any atom is 0.227 e. The molecule has 0 radical (unpaired) electrons. The van der Waals surface area contributed by atoms with Gasteiger partial charge in [-0.25, -0.2) is 4.98 Å². The molecule has 5 aromatic rings. The van der Waals surface area contributed by atoms with Crippen molar-refractivity contribution in [1.29, 1.82) is 0 Å². The van der Waals surface area contributed by atoms with E-state index in [1.54, 1.807) is 12.1 Å². The minimum atomic E-state index is 0.571. The number of aromatic nitrogens is 1. The smallest absolute Gasteiger partial charge is 0.227 e. The molecule has 0 spiro atoms.